The first kappa shape index (κ1) is 26.4. The number of amides is 2. The van der Waals surface area contributed by atoms with Gasteiger partial charge in [-0.15, -0.1) is 11.3 Å². The zero-order valence-electron chi connectivity index (χ0n) is 21.9. The molecule has 2 amide bonds. The second kappa shape index (κ2) is 12.1. The molecule has 0 fully saturated rings. The summed E-state index contributed by atoms with van der Waals surface area (Å²) in [5.41, 5.74) is 4.12. The first-order valence-electron chi connectivity index (χ1n) is 12.7. The average molecular weight is 543 g/mol. The van der Waals surface area contributed by atoms with Crippen molar-refractivity contribution in [2.45, 2.75) is 26.1 Å². The minimum Gasteiger partial charge on any atom is -0.493 e. The van der Waals surface area contributed by atoms with E-state index in [0.717, 1.165) is 37.3 Å². The fraction of sp³-hybridized carbons (Fsp3) is 0.233. The van der Waals surface area contributed by atoms with Crippen LogP contribution in [0.5, 0.6) is 11.5 Å². The number of hydrogen-bond acceptors (Lipinski definition) is 7. The van der Waals surface area contributed by atoms with Gasteiger partial charge in [-0.25, -0.2) is 4.98 Å². The highest BCUT2D eigenvalue weighted by Crippen LogP contribution is 2.30. The summed E-state index contributed by atoms with van der Waals surface area (Å²) >= 11 is 1.53. The van der Waals surface area contributed by atoms with Crippen LogP contribution in [0.1, 0.15) is 42.4 Å². The molecular weight excluding hydrogens is 512 g/mol. The molecule has 0 unspecified atom stereocenters. The molecule has 1 aliphatic heterocycles. The van der Waals surface area contributed by atoms with Crippen molar-refractivity contribution in [3.05, 3.63) is 106 Å². The maximum absolute atomic E-state index is 13.0. The Hall–Kier alpha value is -4.21. The first-order valence-corrected chi connectivity index (χ1v) is 13.5. The van der Waals surface area contributed by atoms with Crippen molar-refractivity contribution in [2.75, 3.05) is 26.1 Å². The van der Waals surface area contributed by atoms with E-state index >= 15 is 0 Å². The van der Waals surface area contributed by atoms with Crippen LogP contribution in [0.2, 0.25) is 0 Å². The molecule has 3 aromatic carbocycles. The number of benzene rings is 3. The van der Waals surface area contributed by atoms with Gasteiger partial charge < -0.3 is 14.8 Å². The molecule has 200 valence electrons. The summed E-state index contributed by atoms with van der Waals surface area (Å²) in [4.78, 5) is 34.0. The van der Waals surface area contributed by atoms with Gasteiger partial charge in [0.05, 0.1) is 19.9 Å². The van der Waals surface area contributed by atoms with Crippen LogP contribution in [0.3, 0.4) is 0 Å². The zero-order chi connectivity index (χ0) is 27.2. The Kier molecular flexibility index (Phi) is 8.19. The molecule has 1 aliphatic rings. The molecule has 0 atom stereocenters. The van der Waals surface area contributed by atoms with Crippen LogP contribution < -0.4 is 20.1 Å². The number of anilines is 1. The summed E-state index contributed by atoms with van der Waals surface area (Å²) in [7, 11) is 3.07. The van der Waals surface area contributed by atoms with Crippen LogP contribution in [0, 0.1) is 0 Å². The van der Waals surface area contributed by atoms with E-state index in [1.54, 1.807) is 43.5 Å². The van der Waals surface area contributed by atoms with E-state index in [9.17, 15) is 9.59 Å². The molecule has 0 aliphatic carbocycles. The second-order valence-corrected chi connectivity index (χ2v) is 10.3. The molecular formula is C30H30N4O4S. The molecule has 0 radical (unpaired) electrons. The number of ether oxygens (including phenoxy) is 2. The summed E-state index contributed by atoms with van der Waals surface area (Å²) in [6.07, 6.45) is 0.865. The van der Waals surface area contributed by atoms with Gasteiger partial charge in [0.25, 0.3) is 11.8 Å². The first-order chi connectivity index (χ1) is 19.0. The zero-order valence-corrected chi connectivity index (χ0v) is 22.7. The quantitative estimate of drug-likeness (QED) is 0.313. The predicted octanol–water partition coefficient (Wildman–Crippen LogP) is 4.90. The molecule has 1 aromatic heterocycles. The van der Waals surface area contributed by atoms with Gasteiger partial charge in [-0.3, -0.25) is 19.8 Å². The maximum Gasteiger partial charge on any atom is 0.257 e. The van der Waals surface area contributed by atoms with Crippen LogP contribution in [-0.4, -0.2) is 42.5 Å². The number of carbonyl (C=O) groups excluding carboxylic acids is 2. The molecule has 5 rings (SSSR count). The highest BCUT2D eigenvalue weighted by molar-refractivity contribution is 7.15. The minimum absolute atomic E-state index is 0.227. The van der Waals surface area contributed by atoms with Crippen molar-refractivity contribution in [1.29, 1.82) is 0 Å². The maximum atomic E-state index is 13.0. The Morgan fingerprint density at radius 3 is 2.46 bits per heavy atom. The normalized spacial score (nSPS) is 12.9. The van der Waals surface area contributed by atoms with Crippen molar-refractivity contribution in [3.8, 4) is 11.5 Å². The second-order valence-electron chi connectivity index (χ2n) is 9.24. The fourth-order valence-corrected chi connectivity index (χ4v) is 5.58. The van der Waals surface area contributed by atoms with Gasteiger partial charge >= 0.3 is 0 Å². The lowest BCUT2D eigenvalue weighted by atomic mass is 10.1. The van der Waals surface area contributed by atoms with E-state index < -0.39 is 0 Å². The van der Waals surface area contributed by atoms with Crippen molar-refractivity contribution < 1.29 is 19.1 Å². The summed E-state index contributed by atoms with van der Waals surface area (Å²) in [5.74, 6) is 0.561. The van der Waals surface area contributed by atoms with Crippen LogP contribution >= 0.6 is 11.3 Å². The van der Waals surface area contributed by atoms with E-state index in [0.29, 0.717) is 27.8 Å². The number of fused-ring (bicyclic) bond motifs is 1. The number of carbonyl (C=O) groups is 2. The molecule has 9 heteroatoms. The van der Waals surface area contributed by atoms with E-state index in [1.165, 1.54) is 28.9 Å². The largest absolute Gasteiger partial charge is 0.493 e. The number of thiazole rings is 1. The van der Waals surface area contributed by atoms with E-state index in [4.69, 9.17) is 9.47 Å². The summed E-state index contributed by atoms with van der Waals surface area (Å²) in [5, 5.41) is 6.46. The van der Waals surface area contributed by atoms with Gasteiger partial charge in [0, 0.05) is 48.6 Å². The minimum atomic E-state index is -0.250. The molecule has 2 N–H and O–H groups in total. The average Bonchev–Trinajstić information content (AvgIpc) is 3.37. The monoisotopic (exact) mass is 542 g/mol. The molecule has 39 heavy (non-hydrogen) atoms. The number of hydrogen-bond donors (Lipinski definition) is 2. The highest BCUT2D eigenvalue weighted by atomic mass is 32.1. The Balaban J connectivity index is 1.18. The molecule has 0 saturated heterocycles. The van der Waals surface area contributed by atoms with Crippen molar-refractivity contribution in [2.24, 2.45) is 0 Å². The molecule has 0 spiro atoms. The third kappa shape index (κ3) is 6.45. The van der Waals surface area contributed by atoms with E-state index in [1.807, 2.05) is 12.1 Å². The van der Waals surface area contributed by atoms with Crippen LogP contribution in [-0.2, 0) is 26.1 Å². The predicted molar refractivity (Wildman–Crippen MR) is 151 cm³/mol. The SMILES string of the molecule is COc1ccc(C(=O)NCc2cccc(C(=O)Nc3nc4c(s3)CN(Cc3ccccc3)CC4)c2)cc1OC. The summed E-state index contributed by atoms with van der Waals surface area (Å²) in [6, 6.07) is 22.6. The third-order valence-corrected chi connectivity index (χ3v) is 7.57. The fourth-order valence-electron chi connectivity index (χ4n) is 4.53. The number of aromatic nitrogens is 1. The Bertz CT molecular complexity index is 1470. The molecule has 0 bridgehead atoms. The lowest BCUT2D eigenvalue weighted by Gasteiger charge is -2.25. The van der Waals surface area contributed by atoms with Crippen molar-refractivity contribution in [1.82, 2.24) is 15.2 Å². The third-order valence-electron chi connectivity index (χ3n) is 6.57. The molecule has 0 saturated carbocycles. The molecule has 2 heterocycles. The van der Waals surface area contributed by atoms with Crippen molar-refractivity contribution >= 4 is 28.3 Å². The van der Waals surface area contributed by atoms with Crippen LogP contribution in [0.4, 0.5) is 5.13 Å². The Labute approximate surface area is 231 Å². The summed E-state index contributed by atoms with van der Waals surface area (Å²) < 4.78 is 10.5. The van der Waals surface area contributed by atoms with Gasteiger partial charge in [0.15, 0.2) is 16.6 Å². The molecule has 4 aromatic rings. The van der Waals surface area contributed by atoms with Crippen LogP contribution in [0.15, 0.2) is 72.8 Å². The standard InChI is InChI=1S/C30H30N4O4S/c1-37-25-12-11-23(16-26(25)38-2)28(35)31-17-21-9-6-10-22(15-21)29(36)33-30-32-24-13-14-34(19-27(24)39-30)18-20-7-4-3-5-8-20/h3-12,15-16H,13-14,17-19H2,1-2H3,(H,31,35)(H,32,33,36). The van der Waals surface area contributed by atoms with Gasteiger partial charge in [0.2, 0.25) is 0 Å². The Morgan fingerprint density at radius 1 is 0.897 bits per heavy atom. The molecule has 8 nitrogen and oxygen atoms in total. The van der Waals surface area contributed by atoms with Gasteiger partial charge in [-0.1, -0.05) is 42.5 Å². The van der Waals surface area contributed by atoms with Gasteiger partial charge in [-0.2, -0.15) is 0 Å². The van der Waals surface area contributed by atoms with Gasteiger partial charge in [-0.05, 0) is 41.5 Å². The highest BCUT2D eigenvalue weighted by Gasteiger charge is 2.22. The van der Waals surface area contributed by atoms with Crippen molar-refractivity contribution in [3.63, 3.8) is 0 Å². The lowest BCUT2D eigenvalue weighted by Crippen LogP contribution is -2.29. The summed E-state index contributed by atoms with van der Waals surface area (Å²) in [6.45, 7) is 2.94. The smallest absolute Gasteiger partial charge is 0.257 e. The van der Waals surface area contributed by atoms with E-state index in [2.05, 4.69) is 44.8 Å². The number of methoxy groups -OCH3 is 2. The number of rotatable bonds is 9. The topological polar surface area (TPSA) is 92.8 Å². The van der Waals surface area contributed by atoms with Gasteiger partial charge in [0.1, 0.15) is 0 Å². The van der Waals surface area contributed by atoms with E-state index in [-0.39, 0.29) is 18.4 Å². The Morgan fingerprint density at radius 2 is 1.67 bits per heavy atom. The number of nitrogens with zero attached hydrogens (tertiary/aromatic N) is 2. The number of nitrogens with one attached hydrogen (secondary N) is 2. The lowest BCUT2D eigenvalue weighted by molar-refractivity contribution is 0.0950. The van der Waals surface area contributed by atoms with Crippen LogP contribution in [0.25, 0.3) is 0 Å².